The SMILES string of the molecule is CCOc1ccc(C(=O)Nc2ccc(I)cc2Cl)cc1[N+](=O)[O-]. The molecule has 0 atom stereocenters. The summed E-state index contributed by atoms with van der Waals surface area (Å²) in [5, 5.41) is 14.1. The molecule has 0 aliphatic carbocycles. The molecule has 2 aromatic carbocycles. The third-order valence-corrected chi connectivity index (χ3v) is 3.88. The average molecular weight is 447 g/mol. The molecule has 120 valence electrons. The summed E-state index contributed by atoms with van der Waals surface area (Å²) in [6.07, 6.45) is 0. The van der Waals surface area contributed by atoms with Crippen LogP contribution in [0.1, 0.15) is 17.3 Å². The molecule has 0 fully saturated rings. The standard InChI is InChI=1S/C15H12ClIN2O4/c1-2-23-14-6-3-9(7-13(14)19(21)22)15(20)18-12-5-4-10(17)8-11(12)16/h3-8H,2H2,1H3,(H,18,20). The highest BCUT2D eigenvalue weighted by molar-refractivity contribution is 14.1. The van der Waals surface area contributed by atoms with E-state index in [4.69, 9.17) is 16.3 Å². The second-order valence-electron chi connectivity index (χ2n) is 4.45. The smallest absolute Gasteiger partial charge is 0.311 e. The Morgan fingerprint density at radius 3 is 2.70 bits per heavy atom. The Balaban J connectivity index is 2.28. The number of amides is 1. The molecule has 1 N–H and O–H groups in total. The summed E-state index contributed by atoms with van der Waals surface area (Å²) in [4.78, 5) is 22.8. The molecule has 8 heteroatoms. The Hall–Kier alpha value is -1.87. The van der Waals surface area contributed by atoms with E-state index in [1.807, 2.05) is 0 Å². The van der Waals surface area contributed by atoms with E-state index in [0.29, 0.717) is 17.3 Å². The quantitative estimate of drug-likeness (QED) is 0.416. The Bertz CT molecular complexity index is 767. The molecule has 6 nitrogen and oxygen atoms in total. The number of nitro groups is 1. The molecule has 0 spiro atoms. The first-order chi connectivity index (χ1) is 10.9. The maximum Gasteiger partial charge on any atom is 0.311 e. The number of nitro benzene ring substituents is 1. The van der Waals surface area contributed by atoms with Gasteiger partial charge in [0.2, 0.25) is 0 Å². The Morgan fingerprint density at radius 1 is 1.35 bits per heavy atom. The molecule has 2 aromatic rings. The molecule has 0 bridgehead atoms. The van der Waals surface area contributed by atoms with E-state index in [0.717, 1.165) is 3.57 Å². The zero-order valence-corrected chi connectivity index (χ0v) is 14.9. The molecule has 0 aliphatic rings. The molecule has 1 amide bonds. The van der Waals surface area contributed by atoms with Crippen molar-refractivity contribution < 1.29 is 14.5 Å². The van der Waals surface area contributed by atoms with E-state index in [-0.39, 0.29) is 17.0 Å². The van der Waals surface area contributed by atoms with E-state index in [2.05, 4.69) is 27.9 Å². The number of nitrogens with one attached hydrogen (secondary N) is 1. The van der Waals surface area contributed by atoms with Crippen molar-refractivity contribution in [3.8, 4) is 5.75 Å². The van der Waals surface area contributed by atoms with Crippen molar-refractivity contribution in [2.24, 2.45) is 0 Å². The van der Waals surface area contributed by atoms with Gasteiger partial charge in [-0.1, -0.05) is 11.6 Å². The van der Waals surface area contributed by atoms with Crippen molar-refractivity contribution >= 4 is 51.5 Å². The lowest BCUT2D eigenvalue weighted by Gasteiger charge is -2.09. The number of halogens is 2. The number of carbonyl (C=O) groups excluding carboxylic acids is 1. The molecular weight excluding hydrogens is 435 g/mol. The number of nitrogens with zero attached hydrogens (tertiary/aromatic N) is 1. The fraction of sp³-hybridized carbons (Fsp3) is 0.133. The van der Waals surface area contributed by atoms with Gasteiger partial charge >= 0.3 is 5.69 Å². The summed E-state index contributed by atoms with van der Waals surface area (Å²) in [6, 6.07) is 9.23. The van der Waals surface area contributed by atoms with Crippen molar-refractivity contribution in [1.29, 1.82) is 0 Å². The highest BCUT2D eigenvalue weighted by Crippen LogP contribution is 2.29. The Morgan fingerprint density at radius 2 is 2.09 bits per heavy atom. The summed E-state index contributed by atoms with van der Waals surface area (Å²) in [5.74, 6) is -0.361. The summed E-state index contributed by atoms with van der Waals surface area (Å²) in [7, 11) is 0. The molecule has 0 unspecified atom stereocenters. The molecule has 0 saturated carbocycles. The van der Waals surface area contributed by atoms with Gasteiger partial charge in [0.15, 0.2) is 5.75 Å². The minimum atomic E-state index is -0.584. The van der Waals surface area contributed by atoms with Crippen LogP contribution in [0.3, 0.4) is 0 Å². The minimum absolute atomic E-state index is 0.126. The van der Waals surface area contributed by atoms with E-state index in [1.54, 1.807) is 25.1 Å². The van der Waals surface area contributed by atoms with Crippen LogP contribution in [0.5, 0.6) is 5.75 Å². The molecule has 0 saturated heterocycles. The number of benzene rings is 2. The van der Waals surface area contributed by atoms with Crippen molar-refractivity contribution in [2.45, 2.75) is 6.92 Å². The lowest BCUT2D eigenvalue weighted by Crippen LogP contribution is -2.13. The van der Waals surface area contributed by atoms with Gasteiger partial charge < -0.3 is 10.1 Å². The van der Waals surface area contributed by atoms with Crippen LogP contribution in [0, 0.1) is 13.7 Å². The average Bonchev–Trinajstić information content (AvgIpc) is 2.50. The minimum Gasteiger partial charge on any atom is -0.487 e. The van der Waals surface area contributed by atoms with E-state index in [1.165, 1.54) is 18.2 Å². The largest absolute Gasteiger partial charge is 0.487 e. The summed E-state index contributed by atoms with van der Waals surface area (Å²) >= 11 is 8.17. The van der Waals surface area contributed by atoms with Crippen molar-refractivity contribution in [2.75, 3.05) is 11.9 Å². The van der Waals surface area contributed by atoms with Crippen LogP contribution < -0.4 is 10.1 Å². The number of hydrogen-bond donors (Lipinski definition) is 1. The lowest BCUT2D eigenvalue weighted by molar-refractivity contribution is -0.385. The lowest BCUT2D eigenvalue weighted by atomic mass is 10.1. The fourth-order valence-corrected chi connectivity index (χ4v) is 2.77. The predicted molar refractivity (Wildman–Crippen MR) is 96.4 cm³/mol. The first-order valence-electron chi connectivity index (χ1n) is 6.60. The molecule has 0 aromatic heterocycles. The number of rotatable bonds is 5. The first-order valence-corrected chi connectivity index (χ1v) is 8.05. The summed E-state index contributed by atoms with van der Waals surface area (Å²) in [5.41, 5.74) is 0.330. The molecule has 0 radical (unpaired) electrons. The van der Waals surface area contributed by atoms with Gasteiger partial charge in [-0.15, -0.1) is 0 Å². The Kier molecular flexibility index (Phi) is 5.78. The summed E-state index contributed by atoms with van der Waals surface area (Å²) in [6.45, 7) is 2.02. The number of anilines is 1. The zero-order valence-electron chi connectivity index (χ0n) is 12.0. The third kappa shape index (κ3) is 4.32. The molecule has 2 rings (SSSR count). The van der Waals surface area contributed by atoms with E-state index >= 15 is 0 Å². The normalized spacial score (nSPS) is 10.2. The maximum atomic E-state index is 12.3. The van der Waals surface area contributed by atoms with Gasteiger partial charge in [-0.25, -0.2) is 0 Å². The molecule has 0 heterocycles. The van der Waals surface area contributed by atoms with Crippen molar-refractivity contribution in [3.63, 3.8) is 0 Å². The number of ether oxygens (including phenoxy) is 1. The van der Waals surface area contributed by atoms with Gasteiger partial charge in [0.05, 0.1) is 22.2 Å². The number of carbonyl (C=O) groups is 1. The van der Waals surface area contributed by atoms with Crippen LogP contribution in [-0.2, 0) is 0 Å². The highest BCUT2D eigenvalue weighted by Gasteiger charge is 2.19. The van der Waals surface area contributed by atoms with Gasteiger partial charge in [-0.2, -0.15) is 0 Å². The first kappa shape index (κ1) is 17.5. The second kappa shape index (κ2) is 7.60. The maximum absolute atomic E-state index is 12.3. The van der Waals surface area contributed by atoms with Gasteiger partial charge in [-0.05, 0) is 59.8 Å². The topological polar surface area (TPSA) is 81.5 Å². The molecule has 0 aliphatic heterocycles. The summed E-state index contributed by atoms with van der Waals surface area (Å²) < 4.78 is 6.12. The van der Waals surface area contributed by atoms with E-state index < -0.39 is 10.8 Å². The third-order valence-electron chi connectivity index (χ3n) is 2.90. The van der Waals surface area contributed by atoms with Crippen LogP contribution in [0.2, 0.25) is 5.02 Å². The van der Waals surface area contributed by atoms with Crippen LogP contribution in [-0.4, -0.2) is 17.4 Å². The molecular formula is C15H12ClIN2O4. The van der Waals surface area contributed by atoms with Gasteiger partial charge in [-0.3, -0.25) is 14.9 Å². The number of hydrogen-bond acceptors (Lipinski definition) is 4. The van der Waals surface area contributed by atoms with E-state index in [9.17, 15) is 14.9 Å². The Labute approximate surface area is 151 Å². The highest BCUT2D eigenvalue weighted by atomic mass is 127. The monoisotopic (exact) mass is 446 g/mol. The second-order valence-corrected chi connectivity index (χ2v) is 6.10. The molecule has 23 heavy (non-hydrogen) atoms. The fourth-order valence-electron chi connectivity index (χ4n) is 1.86. The van der Waals surface area contributed by atoms with Crippen LogP contribution in [0.4, 0.5) is 11.4 Å². The van der Waals surface area contributed by atoms with Crippen LogP contribution in [0.15, 0.2) is 36.4 Å². The van der Waals surface area contributed by atoms with Crippen LogP contribution in [0.25, 0.3) is 0 Å². The van der Waals surface area contributed by atoms with Gasteiger partial charge in [0.1, 0.15) is 0 Å². The zero-order chi connectivity index (χ0) is 17.0. The van der Waals surface area contributed by atoms with Crippen molar-refractivity contribution in [1.82, 2.24) is 0 Å². The predicted octanol–water partition coefficient (Wildman–Crippen LogP) is 4.50. The van der Waals surface area contributed by atoms with Gasteiger partial charge in [0, 0.05) is 15.2 Å². The van der Waals surface area contributed by atoms with Gasteiger partial charge in [0.25, 0.3) is 5.91 Å². The van der Waals surface area contributed by atoms with Crippen molar-refractivity contribution in [3.05, 3.63) is 60.7 Å². The van der Waals surface area contributed by atoms with Crippen LogP contribution >= 0.6 is 34.2 Å².